The SMILES string of the molecule is CSCC(C)CNc1ccc([N+](=O)[O-])cc1[N+](=O)[O-]. The van der Waals surface area contributed by atoms with Crippen molar-refractivity contribution in [3.8, 4) is 0 Å². The van der Waals surface area contributed by atoms with Crippen molar-refractivity contribution < 1.29 is 9.85 Å². The second-order valence-electron chi connectivity index (χ2n) is 4.16. The molecule has 0 aliphatic rings. The van der Waals surface area contributed by atoms with Gasteiger partial charge in [-0.25, -0.2) is 0 Å². The molecule has 0 bridgehead atoms. The van der Waals surface area contributed by atoms with Crippen LogP contribution in [0.4, 0.5) is 17.1 Å². The van der Waals surface area contributed by atoms with Crippen LogP contribution < -0.4 is 5.32 Å². The molecule has 1 aromatic rings. The number of hydrogen-bond acceptors (Lipinski definition) is 6. The fourth-order valence-corrected chi connectivity index (χ4v) is 2.25. The molecule has 1 N–H and O–H groups in total. The molecule has 8 heteroatoms. The Morgan fingerprint density at radius 3 is 2.53 bits per heavy atom. The second-order valence-corrected chi connectivity index (χ2v) is 5.07. The van der Waals surface area contributed by atoms with Crippen LogP contribution >= 0.6 is 11.8 Å². The Labute approximate surface area is 114 Å². The summed E-state index contributed by atoms with van der Waals surface area (Å²) in [6, 6.07) is 3.61. The predicted molar refractivity (Wildman–Crippen MR) is 75.8 cm³/mol. The van der Waals surface area contributed by atoms with E-state index < -0.39 is 9.85 Å². The number of hydrogen-bond donors (Lipinski definition) is 1. The first-order chi connectivity index (χ1) is 8.95. The maximum absolute atomic E-state index is 10.9. The quantitative estimate of drug-likeness (QED) is 0.611. The van der Waals surface area contributed by atoms with Crippen molar-refractivity contribution in [2.75, 3.05) is 23.9 Å². The molecule has 0 saturated carbocycles. The summed E-state index contributed by atoms with van der Waals surface area (Å²) in [5.41, 5.74) is -0.247. The lowest BCUT2D eigenvalue weighted by molar-refractivity contribution is -0.393. The number of nitrogens with one attached hydrogen (secondary N) is 1. The van der Waals surface area contributed by atoms with Gasteiger partial charge in [0.2, 0.25) is 0 Å². The molecule has 0 spiro atoms. The van der Waals surface area contributed by atoms with E-state index in [1.54, 1.807) is 11.8 Å². The fourth-order valence-electron chi connectivity index (χ4n) is 1.56. The molecule has 7 nitrogen and oxygen atoms in total. The van der Waals surface area contributed by atoms with E-state index in [9.17, 15) is 20.2 Å². The van der Waals surface area contributed by atoms with Gasteiger partial charge >= 0.3 is 0 Å². The summed E-state index contributed by atoms with van der Waals surface area (Å²) >= 11 is 1.70. The molecule has 19 heavy (non-hydrogen) atoms. The van der Waals surface area contributed by atoms with Gasteiger partial charge < -0.3 is 5.32 Å². The maximum atomic E-state index is 10.9. The van der Waals surface area contributed by atoms with Gasteiger partial charge in [0.25, 0.3) is 11.4 Å². The van der Waals surface area contributed by atoms with Gasteiger partial charge in [0.1, 0.15) is 5.69 Å². The smallest absolute Gasteiger partial charge is 0.299 e. The number of thioether (sulfide) groups is 1. The highest BCUT2D eigenvalue weighted by Gasteiger charge is 2.19. The van der Waals surface area contributed by atoms with Crippen LogP contribution in [0.5, 0.6) is 0 Å². The molecular formula is C11H15N3O4S. The van der Waals surface area contributed by atoms with E-state index in [0.717, 1.165) is 11.8 Å². The second kappa shape index (κ2) is 6.93. The molecule has 1 atom stereocenters. The van der Waals surface area contributed by atoms with Gasteiger partial charge in [-0.3, -0.25) is 20.2 Å². The third-order valence-electron chi connectivity index (χ3n) is 2.48. The first-order valence-corrected chi connectivity index (χ1v) is 7.00. The van der Waals surface area contributed by atoms with Gasteiger partial charge in [0.15, 0.2) is 0 Å². The molecular weight excluding hydrogens is 270 g/mol. The van der Waals surface area contributed by atoms with Gasteiger partial charge in [0.05, 0.1) is 15.9 Å². The first-order valence-electron chi connectivity index (χ1n) is 5.61. The van der Waals surface area contributed by atoms with E-state index >= 15 is 0 Å². The van der Waals surface area contributed by atoms with Crippen LogP contribution in [0.1, 0.15) is 6.92 Å². The third-order valence-corrected chi connectivity index (χ3v) is 3.38. The topological polar surface area (TPSA) is 98.3 Å². The van der Waals surface area contributed by atoms with Crippen LogP contribution in [0.25, 0.3) is 0 Å². The van der Waals surface area contributed by atoms with E-state index in [0.29, 0.717) is 18.2 Å². The number of nitro benzene ring substituents is 2. The van der Waals surface area contributed by atoms with Crippen molar-refractivity contribution in [3.63, 3.8) is 0 Å². The van der Waals surface area contributed by atoms with Crippen LogP contribution in [0.15, 0.2) is 18.2 Å². The molecule has 0 aliphatic carbocycles. The zero-order valence-corrected chi connectivity index (χ0v) is 11.5. The predicted octanol–water partition coefficient (Wildman–Crippen LogP) is 2.91. The van der Waals surface area contributed by atoms with Crippen LogP contribution in [0, 0.1) is 26.1 Å². The molecule has 1 rings (SSSR count). The highest BCUT2D eigenvalue weighted by molar-refractivity contribution is 7.98. The largest absolute Gasteiger partial charge is 0.379 e. The minimum Gasteiger partial charge on any atom is -0.379 e. The minimum absolute atomic E-state index is 0.273. The molecule has 1 aromatic carbocycles. The van der Waals surface area contributed by atoms with E-state index in [1.165, 1.54) is 12.1 Å². The first kappa shape index (κ1) is 15.2. The van der Waals surface area contributed by atoms with Gasteiger partial charge in [-0.1, -0.05) is 6.92 Å². The Morgan fingerprint density at radius 2 is 2.00 bits per heavy atom. The summed E-state index contributed by atoms with van der Waals surface area (Å²) in [6.45, 7) is 2.61. The van der Waals surface area contributed by atoms with Crippen LogP contribution in [0.2, 0.25) is 0 Å². The monoisotopic (exact) mass is 285 g/mol. The van der Waals surface area contributed by atoms with E-state index in [-0.39, 0.29) is 11.4 Å². The molecule has 0 amide bonds. The van der Waals surface area contributed by atoms with Crippen LogP contribution in [-0.2, 0) is 0 Å². The fraction of sp³-hybridized carbons (Fsp3) is 0.455. The molecule has 0 aliphatic heterocycles. The van der Waals surface area contributed by atoms with Crippen LogP contribution in [0.3, 0.4) is 0 Å². The van der Waals surface area contributed by atoms with E-state index in [2.05, 4.69) is 5.32 Å². The van der Waals surface area contributed by atoms with Crippen LogP contribution in [-0.4, -0.2) is 28.4 Å². The van der Waals surface area contributed by atoms with Crippen molar-refractivity contribution >= 4 is 28.8 Å². The zero-order chi connectivity index (χ0) is 14.4. The lowest BCUT2D eigenvalue weighted by Gasteiger charge is -2.12. The van der Waals surface area contributed by atoms with Gasteiger partial charge in [0, 0.05) is 12.6 Å². The van der Waals surface area contributed by atoms with Crippen molar-refractivity contribution in [1.29, 1.82) is 0 Å². The highest BCUT2D eigenvalue weighted by Crippen LogP contribution is 2.29. The average molecular weight is 285 g/mol. The highest BCUT2D eigenvalue weighted by atomic mass is 32.2. The minimum atomic E-state index is -0.646. The van der Waals surface area contributed by atoms with Crippen molar-refractivity contribution in [3.05, 3.63) is 38.4 Å². The molecule has 0 aromatic heterocycles. The Bertz CT molecular complexity index is 481. The summed E-state index contributed by atoms with van der Waals surface area (Å²) in [5.74, 6) is 1.29. The number of rotatable bonds is 7. The molecule has 0 saturated heterocycles. The lowest BCUT2D eigenvalue weighted by atomic mass is 10.2. The summed E-state index contributed by atoms with van der Waals surface area (Å²) in [5, 5.41) is 24.5. The van der Waals surface area contributed by atoms with Gasteiger partial charge in [-0.2, -0.15) is 11.8 Å². The summed E-state index contributed by atoms with van der Waals surface area (Å²) in [6.07, 6.45) is 1.99. The summed E-state index contributed by atoms with van der Waals surface area (Å²) < 4.78 is 0. The summed E-state index contributed by atoms with van der Waals surface area (Å²) in [7, 11) is 0. The van der Waals surface area contributed by atoms with Crippen molar-refractivity contribution in [1.82, 2.24) is 0 Å². The van der Waals surface area contributed by atoms with E-state index in [4.69, 9.17) is 0 Å². The molecule has 104 valence electrons. The zero-order valence-electron chi connectivity index (χ0n) is 10.7. The number of benzene rings is 1. The molecule has 0 fully saturated rings. The van der Waals surface area contributed by atoms with Crippen molar-refractivity contribution in [2.45, 2.75) is 6.92 Å². The number of non-ortho nitro benzene ring substituents is 1. The lowest BCUT2D eigenvalue weighted by Crippen LogP contribution is -2.14. The maximum Gasteiger partial charge on any atom is 0.299 e. The molecule has 1 unspecified atom stereocenters. The van der Waals surface area contributed by atoms with Gasteiger partial charge in [-0.15, -0.1) is 0 Å². The standard InChI is InChI=1S/C11H15N3O4S/c1-8(7-19-2)6-12-10-4-3-9(13(15)16)5-11(10)14(17)18/h3-5,8,12H,6-7H2,1-2H3. The van der Waals surface area contributed by atoms with E-state index in [1.807, 2.05) is 13.2 Å². The van der Waals surface area contributed by atoms with Gasteiger partial charge in [-0.05, 0) is 24.0 Å². The Morgan fingerprint density at radius 1 is 1.32 bits per heavy atom. The summed E-state index contributed by atoms with van der Waals surface area (Å²) in [4.78, 5) is 20.2. The Balaban J connectivity index is 2.88. The third kappa shape index (κ3) is 4.40. The molecule has 0 heterocycles. The van der Waals surface area contributed by atoms with Crippen molar-refractivity contribution in [2.24, 2.45) is 5.92 Å². The Kier molecular flexibility index (Phi) is 5.56. The Hall–Kier alpha value is -1.83. The molecule has 0 radical (unpaired) electrons. The normalized spacial score (nSPS) is 11.9. The average Bonchev–Trinajstić information content (AvgIpc) is 2.36. The number of nitro groups is 2. The number of nitrogens with zero attached hydrogens (tertiary/aromatic N) is 2. The number of anilines is 1.